The zero-order chi connectivity index (χ0) is 17.8. The van der Waals surface area contributed by atoms with Crippen molar-refractivity contribution in [2.45, 2.75) is 6.42 Å². The van der Waals surface area contributed by atoms with E-state index in [-0.39, 0.29) is 11.4 Å². The molecule has 6 heteroatoms. The molecule has 3 rings (SSSR count). The normalized spacial score (nSPS) is 10.5. The summed E-state index contributed by atoms with van der Waals surface area (Å²) >= 11 is 0. The minimum atomic E-state index is -0.489. The number of nitrogens with two attached hydrogens (primary N) is 1. The van der Waals surface area contributed by atoms with Gasteiger partial charge in [0, 0.05) is 17.7 Å². The van der Waals surface area contributed by atoms with E-state index in [1.807, 2.05) is 30.3 Å². The van der Waals surface area contributed by atoms with E-state index in [0.717, 1.165) is 22.7 Å². The molecule has 2 aromatic carbocycles. The standard InChI is InChI=1S/C19H18FN3O2/c1-24-18-6-4-3-5-14(18)17-10-13(22-11-23-17)7-12-8-15(20)19(25-2)16(21)9-12/h3-6,8-11H,7,21H2,1-2H3. The van der Waals surface area contributed by atoms with E-state index < -0.39 is 5.82 Å². The number of rotatable bonds is 5. The van der Waals surface area contributed by atoms with Crippen LogP contribution in [0.15, 0.2) is 48.8 Å². The van der Waals surface area contributed by atoms with E-state index in [2.05, 4.69) is 9.97 Å². The van der Waals surface area contributed by atoms with Gasteiger partial charge in [0.2, 0.25) is 0 Å². The van der Waals surface area contributed by atoms with Crippen molar-refractivity contribution in [3.05, 3.63) is 65.9 Å². The maximum Gasteiger partial charge on any atom is 0.177 e. The van der Waals surface area contributed by atoms with Crippen LogP contribution in [-0.4, -0.2) is 24.2 Å². The highest BCUT2D eigenvalue weighted by Crippen LogP contribution is 2.30. The predicted octanol–water partition coefficient (Wildman–Crippen LogP) is 3.47. The Morgan fingerprint density at radius 3 is 2.56 bits per heavy atom. The summed E-state index contributed by atoms with van der Waals surface area (Å²) in [5, 5.41) is 0. The van der Waals surface area contributed by atoms with Gasteiger partial charge in [-0.1, -0.05) is 12.1 Å². The quantitative estimate of drug-likeness (QED) is 0.721. The Morgan fingerprint density at radius 1 is 1.04 bits per heavy atom. The first-order valence-corrected chi connectivity index (χ1v) is 7.68. The van der Waals surface area contributed by atoms with Crippen molar-refractivity contribution in [2.75, 3.05) is 20.0 Å². The van der Waals surface area contributed by atoms with Gasteiger partial charge < -0.3 is 15.2 Å². The zero-order valence-corrected chi connectivity index (χ0v) is 14.0. The number of nitrogen functional groups attached to an aromatic ring is 1. The Bertz CT molecular complexity index is 876. The van der Waals surface area contributed by atoms with Gasteiger partial charge in [0.1, 0.15) is 12.1 Å². The van der Waals surface area contributed by atoms with Crippen LogP contribution in [0.4, 0.5) is 10.1 Å². The van der Waals surface area contributed by atoms with Crippen molar-refractivity contribution < 1.29 is 13.9 Å². The van der Waals surface area contributed by atoms with E-state index in [9.17, 15) is 4.39 Å². The van der Waals surface area contributed by atoms with Crippen LogP contribution in [-0.2, 0) is 6.42 Å². The number of para-hydroxylation sites is 1. The van der Waals surface area contributed by atoms with Gasteiger partial charge in [0.15, 0.2) is 11.6 Å². The van der Waals surface area contributed by atoms with Crippen LogP contribution in [0.2, 0.25) is 0 Å². The molecule has 5 nitrogen and oxygen atoms in total. The van der Waals surface area contributed by atoms with Crippen LogP contribution >= 0.6 is 0 Å². The lowest BCUT2D eigenvalue weighted by Crippen LogP contribution is -2.00. The molecule has 1 aromatic heterocycles. The molecule has 0 aliphatic carbocycles. The first-order chi connectivity index (χ1) is 12.1. The summed E-state index contributed by atoms with van der Waals surface area (Å²) in [6, 6.07) is 12.6. The third-order valence-electron chi connectivity index (χ3n) is 3.83. The third-order valence-corrected chi connectivity index (χ3v) is 3.83. The Morgan fingerprint density at radius 2 is 1.84 bits per heavy atom. The minimum Gasteiger partial charge on any atom is -0.496 e. The number of ether oxygens (including phenoxy) is 2. The number of benzene rings is 2. The SMILES string of the molecule is COc1ccccc1-c1cc(Cc2cc(N)c(OC)c(F)c2)ncn1. The van der Waals surface area contributed by atoms with E-state index in [1.165, 1.54) is 19.5 Å². The number of methoxy groups -OCH3 is 2. The van der Waals surface area contributed by atoms with Gasteiger partial charge in [-0.25, -0.2) is 14.4 Å². The summed E-state index contributed by atoms with van der Waals surface area (Å²) in [6.07, 6.45) is 1.91. The van der Waals surface area contributed by atoms with Gasteiger partial charge >= 0.3 is 0 Å². The number of nitrogens with zero attached hydrogens (tertiary/aromatic N) is 2. The first kappa shape index (κ1) is 16.7. The van der Waals surface area contributed by atoms with Crippen LogP contribution in [0.25, 0.3) is 11.3 Å². The average molecular weight is 339 g/mol. The number of aromatic nitrogens is 2. The Balaban J connectivity index is 1.93. The molecular weight excluding hydrogens is 321 g/mol. The maximum atomic E-state index is 14.0. The molecule has 0 saturated carbocycles. The van der Waals surface area contributed by atoms with E-state index in [0.29, 0.717) is 12.0 Å². The maximum absolute atomic E-state index is 14.0. The molecule has 0 atom stereocenters. The summed E-state index contributed by atoms with van der Waals surface area (Å²) in [7, 11) is 3.00. The molecule has 3 aromatic rings. The molecule has 0 fully saturated rings. The summed E-state index contributed by atoms with van der Waals surface area (Å²) < 4.78 is 24.3. The molecule has 0 spiro atoms. The zero-order valence-electron chi connectivity index (χ0n) is 14.0. The third kappa shape index (κ3) is 3.52. The number of hydrogen-bond acceptors (Lipinski definition) is 5. The van der Waals surface area contributed by atoms with Crippen LogP contribution < -0.4 is 15.2 Å². The number of hydrogen-bond donors (Lipinski definition) is 1. The molecule has 0 saturated heterocycles. The molecule has 25 heavy (non-hydrogen) atoms. The van der Waals surface area contributed by atoms with Crippen molar-refractivity contribution in [3.8, 4) is 22.8 Å². The molecule has 0 unspecified atom stereocenters. The Hall–Kier alpha value is -3.15. The second-order valence-electron chi connectivity index (χ2n) is 5.47. The second-order valence-corrected chi connectivity index (χ2v) is 5.47. The van der Waals surface area contributed by atoms with Crippen LogP contribution in [0.5, 0.6) is 11.5 Å². The number of halogens is 1. The smallest absolute Gasteiger partial charge is 0.177 e. The molecule has 0 radical (unpaired) electrons. The van der Waals surface area contributed by atoms with Crippen LogP contribution in [0, 0.1) is 5.82 Å². The summed E-state index contributed by atoms with van der Waals surface area (Å²) in [6.45, 7) is 0. The summed E-state index contributed by atoms with van der Waals surface area (Å²) in [5.74, 6) is 0.296. The largest absolute Gasteiger partial charge is 0.496 e. The Kier molecular flexibility index (Phi) is 4.79. The second kappa shape index (κ2) is 7.17. The Labute approximate surface area is 145 Å². The van der Waals surface area contributed by atoms with Crippen LogP contribution in [0.3, 0.4) is 0 Å². The van der Waals surface area contributed by atoms with Gasteiger partial charge in [-0.15, -0.1) is 0 Å². The van der Waals surface area contributed by atoms with Crippen molar-refractivity contribution in [3.63, 3.8) is 0 Å². The highest BCUT2D eigenvalue weighted by Gasteiger charge is 2.12. The number of anilines is 1. The van der Waals surface area contributed by atoms with Gasteiger partial charge in [-0.2, -0.15) is 0 Å². The van der Waals surface area contributed by atoms with Gasteiger partial charge in [-0.3, -0.25) is 0 Å². The summed E-state index contributed by atoms with van der Waals surface area (Å²) in [4.78, 5) is 8.58. The van der Waals surface area contributed by atoms with Gasteiger partial charge in [0.05, 0.1) is 25.6 Å². The molecule has 0 aliphatic heterocycles. The highest BCUT2D eigenvalue weighted by molar-refractivity contribution is 5.67. The van der Waals surface area contributed by atoms with Crippen molar-refractivity contribution in [2.24, 2.45) is 0 Å². The lowest BCUT2D eigenvalue weighted by molar-refractivity contribution is 0.388. The minimum absolute atomic E-state index is 0.0566. The lowest BCUT2D eigenvalue weighted by Gasteiger charge is -2.10. The van der Waals surface area contributed by atoms with E-state index in [4.69, 9.17) is 15.2 Å². The highest BCUT2D eigenvalue weighted by atomic mass is 19.1. The molecule has 128 valence electrons. The summed E-state index contributed by atoms with van der Waals surface area (Å²) in [5.41, 5.74) is 9.16. The van der Waals surface area contributed by atoms with Crippen LogP contribution in [0.1, 0.15) is 11.3 Å². The lowest BCUT2D eigenvalue weighted by atomic mass is 10.1. The van der Waals surface area contributed by atoms with Crippen molar-refractivity contribution in [1.29, 1.82) is 0 Å². The van der Waals surface area contributed by atoms with Crippen molar-refractivity contribution in [1.82, 2.24) is 9.97 Å². The molecule has 0 amide bonds. The van der Waals surface area contributed by atoms with Crippen molar-refractivity contribution >= 4 is 5.69 Å². The topological polar surface area (TPSA) is 70.3 Å². The first-order valence-electron chi connectivity index (χ1n) is 7.68. The van der Waals surface area contributed by atoms with E-state index >= 15 is 0 Å². The molecule has 0 bridgehead atoms. The van der Waals surface area contributed by atoms with E-state index in [1.54, 1.807) is 13.2 Å². The predicted molar refractivity (Wildman–Crippen MR) is 94.2 cm³/mol. The monoisotopic (exact) mass is 339 g/mol. The molecule has 1 heterocycles. The molecular formula is C19H18FN3O2. The fourth-order valence-electron chi connectivity index (χ4n) is 2.70. The fraction of sp³-hybridized carbons (Fsp3) is 0.158. The fourth-order valence-corrected chi connectivity index (χ4v) is 2.70. The van der Waals surface area contributed by atoms with Gasteiger partial charge in [-0.05, 0) is 35.9 Å². The average Bonchev–Trinajstić information content (AvgIpc) is 2.61. The molecule has 2 N–H and O–H groups in total. The van der Waals surface area contributed by atoms with Gasteiger partial charge in [0.25, 0.3) is 0 Å². The molecule has 0 aliphatic rings.